The van der Waals surface area contributed by atoms with Crippen molar-refractivity contribution in [2.75, 3.05) is 5.32 Å². The Morgan fingerprint density at radius 2 is 2.14 bits per heavy atom. The first-order chi connectivity index (χ1) is 10.1. The van der Waals surface area contributed by atoms with Gasteiger partial charge in [0.2, 0.25) is 0 Å². The second-order valence-corrected chi connectivity index (χ2v) is 5.79. The van der Waals surface area contributed by atoms with Gasteiger partial charge in [0.15, 0.2) is 0 Å². The molecule has 4 nitrogen and oxygen atoms in total. The first-order valence-corrected chi connectivity index (χ1v) is 7.36. The number of hydrogen-bond donors (Lipinski definition) is 1. The number of hydrogen-bond acceptors (Lipinski definition) is 3. The van der Waals surface area contributed by atoms with E-state index in [1.807, 2.05) is 19.1 Å². The number of benzene rings is 1. The molecule has 1 aliphatic heterocycles. The molecule has 1 aromatic carbocycles. The quantitative estimate of drug-likeness (QED) is 0.779. The van der Waals surface area contributed by atoms with Crippen LogP contribution in [0.3, 0.4) is 0 Å². The lowest BCUT2D eigenvalue weighted by Gasteiger charge is -2.41. The summed E-state index contributed by atoms with van der Waals surface area (Å²) in [7, 11) is 0. The van der Waals surface area contributed by atoms with E-state index in [0.717, 1.165) is 48.1 Å². The molecule has 1 amide bonds. The molecule has 21 heavy (non-hydrogen) atoms. The lowest BCUT2D eigenvalue weighted by atomic mass is 9.77. The van der Waals surface area contributed by atoms with E-state index in [2.05, 4.69) is 17.5 Å². The molecule has 1 aliphatic carbocycles. The average Bonchev–Trinajstić information content (AvgIpc) is 2.48. The van der Waals surface area contributed by atoms with Crippen LogP contribution >= 0.6 is 0 Å². The monoisotopic (exact) mass is 282 g/mol. The predicted molar refractivity (Wildman–Crippen MR) is 80.6 cm³/mol. The molecule has 108 valence electrons. The van der Waals surface area contributed by atoms with Crippen LogP contribution in [0.5, 0.6) is 0 Å². The summed E-state index contributed by atoms with van der Waals surface area (Å²) >= 11 is 0. The Labute approximate surface area is 124 Å². The predicted octanol–water partition coefficient (Wildman–Crippen LogP) is 4.33. The Morgan fingerprint density at radius 1 is 1.38 bits per heavy atom. The van der Waals surface area contributed by atoms with E-state index in [-0.39, 0.29) is 6.09 Å². The highest BCUT2D eigenvalue weighted by atomic mass is 16.6. The van der Waals surface area contributed by atoms with Crippen LogP contribution in [-0.4, -0.2) is 6.09 Å². The number of nitriles is 1. The summed E-state index contributed by atoms with van der Waals surface area (Å²) in [4.78, 5) is 11.8. The number of rotatable bonds is 1. The zero-order chi connectivity index (χ0) is 14.9. The summed E-state index contributed by atoms with van der Waals surface area (Å²) in [5, 5.41) is 11.6. The number of nitrogens with one attached hydrogen (secondary N) is 1. The fraction of sp³-hybridized carbons (Fsp3) is 0.412. The van der Waals surface area contributed by atoms with Gasteiger partial charge in [-0.05, 0) is 55.9 Å². The van der Waals surface area contributed by atoms with Crippen molar-refractivity contribution in [3.8, 4) is 6.07 Å². The molecule has 0 aromatic heterocycles. The van der Waals surface area contributed by atoms with Gasteiger partial charge in [0.05, 0.1) is 11.8 Å². The third-order valence-electron chi connectivity index (χ3n) is 4.43. The number of carbonyl (C=O) groups excluding carboxylic acids is 1. The van der Waals surface area contributed by atoms with Crippen LogP contribution in [0.25, 0.3) is 5.57 Å². The van der Waals surface area contributed by atoms with Crippen LogP contribution in [0.2, 0.25) is 0 Å². The molecular formula is C17H18N2O2. The molecule has 1 heterocycles. The van der Waals surface area contributed by atoms with E-state index in [0.29, 0.717) is 0 Å². The highest BCUT2D eigenvalue weighted by molar-refractivity contribution is 5.89. The van der Waals surface area contributed by atoms with Crippen LogP contribution in [0.15, 0.2) is 24.3 Å². The molecule has 1 saturated carbocycles. The van der Waals surface area contributed by atoms with Gasteiger partial charge in [-0.25, -0.2) is 4.79 Å². The van der Waals surface area contributed by atoms with E-state index in [4.69, 9.17) is 10.00 Å². The van der Waals surface area contributed by atoms with Gasteiger partial charge in [0, 0.05) is 11.6 Å². The van der Waals surface area contributed by atoms with Crippen molar-refractivity contribution in [3.05, 3.63) is 35.4 Å². The number of amides is 1. The van der Waals surface area contributed by atoms with Crippen LogP contribution in [-0.2, 0) is 10.3 Å². The van der Waals surface area contributed by atoms with Gasteiger partial charge in [0.25, 0.3) is 0 Å². The Morgan fingerprint density at radius 3 is 2.86 bits per heavy atom. The van der Waals surface area contributed by atoms with E-state index in [9.17, 15) is 4.79 Å². The molecule has 0 radical (unpaired) electrons. The molecule has 0 saturated heterocycles. The van der Waals surface area contributed by atoms with Crippen molar-refractivity contribution in [2.45, 2.75) is 44.6 Å². The van der Waals surface area contributed by atoms with E-state index in [1.165, 1.54) is 12.5 Å². The fourth-order valence-corrected chi connectivity index (χ4v) is 3.32. The SMILES string of the molecule is CC(=CC#N)c1ccc2c(c1)C1(CCCCC1)OC(=O)N2. The number of allylic oxidation sites excluding steroid dienone is 2. The van der Waals surface area contributed by atoms with Crippen LogP contribution in [0.4, 0.5) is 10.5 Å². The molecule has 0 unspecified atom stereocenters. The van der Waals surface area contributed by atoms with Crippen molar-refractivity contribution in [1.82, 2.24) is 0 Å². The zero-order valence-electron chi connectivity index (χ0n) is 12.1. The fourth-order valence-electron chi connectivity index (χ4n) is 3.32. The number of ether oxygens (including phenoxy) is 1. The highest BCUT2D eigenvalue weighted by Crippen LogP contribution is 2.46. The Kier molecular flexibility index (Phi) is 3.42. The molecule has 1 aromatic rings. The third kappa shape index (κ3) is 2.40. The lowest BCUT2D eigenvalue weighted by molar-refractivity contribution is -0.0179. The molecule has 1 N–H and O–H groups in total. The first-order valence-electron chi connectivity index (χ1n) is 7.36. The second kappa shape index (κ2) is 5.25. The zero-order valence-corrected chi connectivity index (χ0v) is 12.1. The minimum Gasteiger partial charge on any atom is -0.438 e. The second-order valence-electron chi connectivity index (χ2n) is 5.79. The Hall–Kier alpha value is -2.28. The minimum absolute atomic E-state index is 0.360. The number of nitrogens with zero attached hydrogens (tertiary/aromatic N) is 1. The van der Waals surface area contributed by atoms with Crippen molar-refractivity contribution >= 4 is 17.4 Å². The number of carbonyl (C=O) groups is 1. The first kappa shape index (κ1) is 13.7. The molecular weight excluding hydrogens is 264 g/mol. The van der Waals surface area contributed by atoms with Crippen molar-refractivity contribution < 1.29 is 9.53 Å². The van der Waals surface area contributed by atoms with Gasteiger partial charge in [-0.1, -0.05) is 12.5 Å². The molecule has 2 aliphatic rings. The minimum atomic E-state index is -0.487. The van der Waals surface area contributed by atoms with Crippen LogP contribution in [0, 0.1) is 11.3 Å². The molecule has 1 spiro atoms. The van der Waals surface area contributed by atoms with Crippen molar-refractivity contribution in [2.24, 2.45) is 0 Å². The normalized spacial score (nSPS) is 20.2. The van der Waals surface area contributed by atoms with E-state index >= 15 is 0 Å². The Bertz CT molecular complexity index is 649. The highest BCUT2D eigenvalue weighted by Gasteiger charge is 2.42. The van der Waals surface area contributed by atoms with E-state index < -0.39 is 5.60 Å². The maximum Gasteiger partial charge on any atom is 0.412 e. The van der Waals surface area contributed by atoms with Crippen molar-refractivity contribution in [3.63, 3.8) is 0 Å². The summed E-state index contributed by atoms with van der Waals surface area (Å²) < 4.78 is 5.70. The third-order valence-corrected chi connectivity index (χ3v) is 4.43. The molecule has 3 rings (SSSR count). The number of fused-ring (bicyclic) bond motifs is 2. The van der Waals surface area contributed by atoms with Gasteiger partial charge in [-0.3, -0.25) is 5.32 Å². The average molecular weight is 282 g/mol. The topological polar surface area (TPSA) is 62.1 Å². The standard InChI is InChI=1S/C17H18N2O2/c1-12(7-10-18)13-5-6-15-14(11-13)17(21-16(20)19-15)8-3-2-4-9-17/h5-7,11H,2-4,8-9H2,1H3,(H,19,20). The van der Waals surface area contributed by atoms with Crippen LogP contribution < -0.4 is 5.32 Å². The summed E-state index contributed by atoms with van der Waals surface area (Å²) in [5.41, 5.74) is 3.31. The molecule has 0 atom stereocenters. The summed E-state index contributed by atoms with van der Waals surface area (Å²) in [6, 6.07) is 7.97. The van der Waals surface area contributed by atoms with E-state index in [1.54, 1.807) is 0 Å². The molecule has 4 heteroatoms. The van der Waals surface area contributed by atoms with Gasteiger partial charge in [-0.15, -0.1) is 0 Å². The van der Waals surface area contributed by atoms with Gasteiger partial charge in [-0.2, -0.15) is 5.26 Å². The van der Waals surface area contributed by atoms with Gasteiger partial charge in [0.1, 0.15) is 5.60 Å². The largest absolute Gasteiger partial charge is 0.438 e. The summed E-state index contributed by atoms with van der Waals surface area (Å²) in [6.07, 6.45) is 6.26. The van der Waals surface area contributed by atoms with Crippen LogP contribution in [0.1, 0.15) is 50.2 Å². The van der Waals surface area contributed by atoms with Gasteiger partial charge >= 0.3 is 6.09 Å². The summed E-state index contributed by atoms with van der Waals surface area (Å²) in [6.45, 7) is 1.92. The molecule has 1 fully saturated rings. The summed E-state index contributed by atoms with van der Waals surface area (Å²) in [5.74, 6) is 0. The molecule has 0 bridgehead atoms. The Balaban J connectivity index is 2.09. The smallest absolute Gasteiger partial charge is 0.412 e. The lowest BCUT2D eigenvalue weighted by Crippen LogP contribution is -2.41. The maximum atomic E-state index is 11.8. The maximum absolute atomic E-state index is 11.8. The number of anilines is 1. The van der Waals surface area contributed by atoms with Gasteiger partial charge < -0.3 is 4.74 Å². The van der Waals surface area contributed by atoms with Crippen molar-refractivity contribution in [1.29, 1.82) is 5.26 Å².